The lowest BCUT2D eigenvalue weighted by molar-refractivity contribution is 0.117. The maximum atomic E-state index is 9.74. The van der Waals surface area contributed by atoms with Crippen molar-refractivity contribution in [3.05, 3.63) is 41.8 Å². The molecular weight excluding hydrogens is 412 g/mol. The normalized spacial score (nSPS) is 26.1. The molecule has 1 fully saturated rings. The third-order valence-electron chi connectivity index (χ3n) is 7.76. The molecule has 0 amide bonds. The number of hydrogen-bond acceptors (Lipinski definition) is 6. The molecule has 1 N–H and O–H groups in total. The van der Waals surface area contributed by atoms with E-state index in [4.69, 9.17) is 4.42 Å². The second-order valence-corrected chi connectivity index (χ2v) is 10.5. The fraction of sp³-hybridized carbons (Fsp3) is 0.630. The van der Waals surface area contributed by atoms with Gasteiger partial charge in [0.1, 0.15) is 0 Å². The number of aliphatic hydroxyl groups is 1. The third kappa shape index (κ3) is 5.49. The Balaban J connectivity index is 1.45. The Kier molecular flexibility index (Phi) is 7.55. The van der Waals surface area contributed by atoms with E-state index in [2.05, 4.69) is 59.0 Å². The van der Waals surface area contributed by atoms with Crippen LogP contribution in [0.1, 0.15) is 45.9 Å². The molecule has 1 saturated heterocycles. The Hall–Kier alpha value is -2.18. The van der Waals surface area contributed by atoms with Gasteiger partial charge >= 0.3 is 0 Å². The standard InChI is InChI=1S/C27H40N4O2/c1-18(2)25-14-21(19(3)13-22(25)16-31-12-6-7-24(31)17-32)15-26-28-29-27(33-26)20-8-10-23(11-9-20)30(4)5/h8-11,13,18,21-22,24-25,32H,6-7,12,14-17H2,1-5H3/t21-,22-,24-,25-/m0/s1. The second-order valence-electron chi connectivity index (χ2n) is 10.5. The van der Waals surface area contributed by atoms with Gasteiger partial charge in [-0.05, 0) is 80.7 Å². The molecule has 0 bridgehead atoms. The summed E-state index contributed by atoms with van der Waals surface area (Å²) >= 11 is 0. The van der Waals surface area contributed by atoms with Gasteiger partial charge in [0.05, 0.1) is 6.61 Å². The number of aromatic nitrogens is 2. The Bertz CT molecular complexity index is 934. The van der Waals surface area contributed by atoms with Gasteiger partial charge in [-0.15, -0.1) is 10.2 Å². The molecule has 6 nitrogen and oxygen atoms in total. The van der Waals surface area contributed by atoms with Crippen LogP contribution in [-0.2, 0) is 6.42 Å². The molecule has 1 aliphatic carbocycles. The quantitative estimate of drug-likeness (QED) is 0.588. The molecule has 2 aliphatic rings. The molecule has 1 aliphatic heterocycles. The van der Waals surface area contributed by atoms with E-state index in [0.29, 0.717) is 35.6 Å². The van der Waals surface area contributed by atoms with Crippen LogP contribution in [0.2, 0.25) is 0 Å². The summed E-state index contributed by atoms with van der Waals surface area (Å²) in [6, 6.07) is 8.56. The van der Waals surface area contributed by atoms with Crippen LogP contribution in [0.5, 0.6) is 0 Å². The van der Waals surface area contributed by atoms with Crippen LogP contribution in [0.15, 0.2) is 40.3 Å². The summed E-state index contributed by atoms with van der Waals surface area (Å²) in [6.45, 7) is 9.41. The highest BCUT2D eigenvalue weighted by atomic mass is 16.4. The first-order chi connectivity index (χ1) is 15.9. The van der Waals surface area contributed by atoms with Gasteiger partial charge in [-0.3, -0.25) is 4.90 Å². The summed E-state index contributed by atoms with van der Waals surface area (Å²) in [6.07, 6.45) is 6.77. The number of aliphatic hydroxyl groups excluding tert-OH is 1. The Morgan fingerprint density at radius 2 is 1.94 bits per heavy atom. The summed E-state index contributed by atoms with van der Waals surface area (Å²) < 4.78 is 6.08. The molecule has 0 saturated carbocycles. The van der Waals surface area contributed by atoms with Crippen molar-refractivity contribution in [2.75, 3.05) is 38.7 Å². The molecule has 6 heteroatoms. The number of anilines is 1. The van der Waals surface area contributed by atoms with E-state index in [1.807, 2.05) is 26.2 Å². The molecule has 2 heterocycles. The molecule has 2 aromatic rings. The van der Waals surface area contributed by atoms with E-state index in [1.165, 1.54) is 12.0 Å². The average Bonchev–Trinajstić information content (AvgIpc) is 3.44. The minimum absolute atomic E-state index is 0.280. The minimum Gasteiger partial charge on any atom is -0.421 e. The van der Waals surface area contributed by atoms with Crippen molar-refractivity contribution >= 4 is 5.69 Å². The smallest absolute Gasteiger partial charge is 0.247 e. The van der Waals surface area contributed by atoms with Crippen LogP contribution < -0.4 is 4.90 Å². The zero-order chi connectivity index (χ0) is 23.5. The first-order valence-electron chi connectivity index (χ1n) is 12.5. The fourth-order valence-electron chi connectivity index (χ4n) is 5.66. The van der Waals surface area contributed by atoms with Gasteiger partial charge < -0.3 is 14.4 Å². The first-order valence-corrected chi connectivity index (χ1v) is 12.5. The van der Waals surface area contributed by atoms with E-state index in [9.17, 15) is 5.11 Å². The highest BCUT2D eigenvalue weighted by molar-refractivity contribution is 5.58. The van der Waals surface area contributed by atoms with Crippen molar-refractivity contribution in [3.8, 4) is 11.5 Å². The molecular formula is C27H40N4O2. The predicted octanol–water partition coefficient (Wildman–Crippen LogP) is 4.66. The maximum absolute atomic E-state index is 9.74. The largest absolute Gasteiger partial charge is 0.421 e. The van der Waals surface area contributed by atoms with Gasteiger partial charge in [0.25, 0.3) is 0 Å². The zero-order valence-corrected chi connectivity index (χ0v) is 20.9. The van der Waals surface area contributed by atoms with Crippen molar-refractivity contribution in [1.29, 1.82) is 0 Å². The summed E-state index contributed by atoms with van der Waals surface area (Å²) in [5.41, 5.74) is 3.54. The molecule has 33 heavy (non-hydrogen) atoms. The van der Waals surface area contributed by atoms with Crippen molar-refractivity contribution in [1.82, 2.24) is 15.1 Å². The summed E-state index contributed by atoms with van der Waals surface area (Å²) in [7, 11) is 4.07. The lowest BCUT2D eigenvalue weighted by Crippen LogP contribution is -2.40. The van der Waals surface area contributed by atoms with E-state index >= 15 is 0 Å². The highest BCUT2D eigenvalue weighted by Gasteiger charge is 2.35. The SMILES string of the molecule is CC1=C[C@@H](CN2CCC[C@H]2CO)[C@H](C(C)C)C[C@H]1Cc1nnc(-c2ccc(N(C)C)cc2)o1. The van der Waals surface area contributed by atoms with E-state index in [0.717, 1.165) is 49.5 Å². The Morgan fingerprint density at radius 1 is 1.18 bits per heavy atom. The van der Waals surface area contributed by atoms with Gasteiger partial charge in [0.15, 0.2) is 0 Å². The van der Waals surface area contributed by atoms with Crippen molar-refractivity contribution in [2.24, 2.45) is 23.7 Å². The summed E-state index contributed by atoms with van der Waals surface area (Å²) in [4.78, 5) is 4.59. The number of rotatable bonds is 8. The van der Waals surface area contributed by atoms with E-state index in [1.54, 1.807) is 0 Å². The van der Waals surface area contributed by atoms with Gasteiger partial charge in [0, 0.05) is 44.4 Å². The van der Waals surface area contributed by atoms with Crippen LogP contribution in [0.3, 0.4) is 0 Å². The topological polar surface area (TPSA) is 65.6 Å². The lowest BCUT2D eigenvalue weighted by atomic mass is 9.69. The van der Waals surface area contributed by atoms with Crippen molar-refractivity contribution in [3.63, 3.8) is 0 Å². The predicted molar refractivity (Wildman–Crippen MR) is 133 cm³/mol. The number of benzene rings is 1. The minimum atomic E-state index is 0.280. The van der Waals surface area contributed by atoms with Crippen molar-refractivity contribution in [2.45, 2.75) is 52.5 Å². The first kappa shape index (κ1) is 24.0. The van der Waals surface area contributed by atoms with Crippen LogP contribution in [0.25, 0.3) is 11.5 Å². The van der Waals surface area contributed by atoms with Gasteiger partial charge in [-0.25, -0.2) is 0 Å². The molecule has 0 radical (unpaired) electrons. The number of nitrogens with zero attached hydrogens (tertiary/aromatic N) is 4. The lowest BCUT2D eigenvalue weighted by Gasteiger charge is -2.39. The van der Waals surface area contributed by atoms with Crippen LogP contribution >= 0.6 is 0 Å². The fourth-order valence-corrected chi connectivity index (χ4v) is 5.66. The molecule has 0 spiro atoms. The van der Waals surface area contributed by atoms with Crippen LogP contribution in [0.4, 0.5) is 5.69 Å². The highest BCUT2D eigenvalue weighted by Crippen LogP contribution is 2.40. The summed E-state index contributed by atoms with van der Waals surface area (Å²) in [5.74, 6) is 3.53. The number of likely N-dealkylation sites (tertiary alicyclic amines) is 1. The molecule has 0 unspecified atom stereocenters. The van der Waals surface area contributed by atoms with Crippen molar-refractivity contribution < 1.29 is 9.52 Å². The van der Waals surface area contributed by atoms with Gasteiger partial charge in [-0.2, -0.15) is 0 Å². The second kappa shape index (κ2) is 10.4. The summed E-state index contributed by atoms with van der Waals surface area (Å²) in [5, 5.41) is 18.4. The monoisotopic (exact) mass is 452 g/mol. The third-order valence-corrected chi connectivity index (χ3v) is 7.76. The number of allylic oxidation sites excluding steroid dienone is 1. The molecule has 1 aromatic carbocycles. The Labute approximate surface area is 198 Å². The Morgan fingerprint density at radius 3 is 2.61 bits per heavy atom. The maximum Gasteiger partial charge on any atom is 0.247 e. The molecule has 4 atom stereocenters. The van der Waals surface area contributed by atoms with Crippen LogP contribution in [0, 0.1) is 23.7 Å². The van der Waals surface area contributed by atoms with Crippen LogP contribution in [-0.4, -0.2) is 60.0 Å². The van der Waals surface area contributed by atoms with Gasteiger partial charge in [-0.1, -0.05) is 25.5 Å². The molecule has 180 valence electrons. The number of hydrogen-bond donors (Lipinski definition) is 1. The molecule has 4 rings (SSSR count). The molecule has 1 aromatic heterocycles. The average molecular weight is 453 g/mol. The van der Waals surface area contributed by atoms with Gasteiger partial charge in [0.2, 0.25) is 11.8 Å². The zero-order valence-electron chi connectivity index (χ0n) is 20.9. The van der Waals surface area contributed by atoms with E-state index in [-0.39, 0.29) is 6.61 Å². The van der Waals surface area contributed by atoms with E-state index < -0.39 is 0 Å².